The Labute approximate surface area is 137 Å². The van der Waals surface area contributed by atoms with Crippen molar-refractivity contribution >= 4 is 39.4 Å². The Morgan fingerprint density at radius 3 is 2.90 bits per heavy atom. The van der Waals surface area contributed by atoms with Gasteiger partial charge in [-0.1, -0.05) is 11.6 Å². The largest absolute Gasteiger partial charge is 0.466 e. The molecule has 0 bridgehead atoms. The number of benzene rings is 1. The van der Waals surface area contributed by atoms with Crippen LogP contribution in [0.15, 0.2) is 22.7 Å². The van der Waals surface area contributed by atoms with Crippen LogP contribution in [0.5, 0.6) is 0 Å². The molecule has 21 heavy (non-hydrogen) atoms. The molecule has 1 heterocycles. The lowest BCUT2D eigenvalue weighted by atomic mass is 9.97. The van der Waals surface area contributed by atoms with E-state index in [0.717, 1.165) is 17.3 Å². The maximum Gasteiger partial charge on any atom is 0.310 e. The molecule has 1 aromatic carbocycles. The lowest BCUT2D eigenvalue weighted by Gasteiger charge is -2.31. The van der Waals surface area contributed by atoms with Crippen molar-refractivity contribution in [3.05, 3.63) is 33.3 Å². The van der Waals surface area contributed by atoms with Gasteiger partial charge in [0.1, 0.15) is 0 Å². The zero-order chi connectivity index (χ0) is 15.4. The lowest BCUT2D eigenvalue weighted by Crippen LogP contribution is -2.42. The Kier molecular flexibility index (Phi) is 5.65. The van der Waals surface area contributed by atoms with E-state index in [9.17, 15) is 9.59 Å². The van der Waals surface area contributed by atoms with Crippen LogP contribution in [0, 0.1) is 5.92 Å². The minimum absolute atomic E-state index is 0.0987. The van der Waals surface area contributed by atoms with Gasteiger partial charge >= 0.3 is 5.97 Å². The number of amides is 1. The van der Waals surface area contributed by atoms with Crippen LogP contribution in [0.3, 0.4) is 0 Å². The summed E-state index contributed by atoms with van der Waals surface area (Å²) in [4.78, 5) is 26.0. The summed E-state index contributed by atoms with van der Waals surface area (Å²) in [6.07, 6.45) is 1.57. The van der Waals surface area contributed by atoms with Gasteiger partial charge in [0, 0.05) is 23.1 Å². The molecule has 4 nitrogen and oxygen atoms in total. The van der Waals surface area contributed by atoms with Crippen molar-refractivity contribution in [2.75, 3.05) is 19.7 Å². The van der Waals surface area contributed by atoms with Crippen LogP contribution in [0.1, 0.15) is 30.1 Å². The number of carbonyl (C=O) groups is 2. The molecule has 2 rings (SSSR count). The Bertz CT molecular complexity index is 550. The number of carbonyl (C=O) groups excluding carboxylic acids is 2. The fourth-order valence-electron chi connectivity index (χ4n) is 2.43. The average molecular weight is 375 g/mol. The van der Waals surface area contributed by atoms with Gasteiger partial charge in [0.15, 0.2) is 0 Å². The fraction of sp³-hybridized carbons (Fsp3) is 0.467. The number of hydrogen-bond donors (Lipinski definition) is 0. The highest BCUT2D eigenvalue weighted by molar-refractivity contribution is 9.10. The normalized spacial score (nSPS) is 18.4. The first-order valence-corrected chi connectivity index (χ1v) is 8.11. The minimum Gasteiger partial charge on any atom is -0.466 e. The number of piperidine rings is 1. The molecule has 0 aromatic heterocycles. The molecular weight excluding hydrogens is 358 g/mol. The Balaban J connectivity index is 2.08. The number of nitrogens with zero attached hydrogens (tertiary/aromatic N) is 1. The summed E-state index contributed by atoms with van der Waals surface area (Å²) < 4.78 is 5.80. The van der Waals surface area contributed by atoms with Crippen molar-refractivity contribution in [3.63, 3.8) is 0 Å². The second-order valence-electron chi connectivity index (χ2n) is 4.97. The maximum atomic E-state index is 12.5. The van der Waals surface area contributed by atoms with E-state index >= 15 is 0 Å². The van der Waals surface area contributed by atoms with Crippen LogP contribution in [-0.2, 0) is 9.53 Å². The van der Waals surface area contributed by atoms with E-state index in [2.05, 4.69) is 15.9 Å². The van der Waals surface area contributed by atoms with Gasteiger partial charge in [0.05, 0.1) is 17.5 Å². The molecule has 114 valence electrons. The van der Waals surface area contributed by atoms with Crippen molar-refractivity contribution in [1.82, 2.24) is 4.90 Å². The summed E-state index contributed by atoms with van der Waals surface area (Å²) in [5.41, 5.74) is 0.535. The average Bonchev–Trinajstić information content (AvgIpc) is 2.49. The molecule has 1 aliphatic rings. The predicted octanol–water partition coefficient (Wildman–Crippen LogP) is 3.52. The highest BCUT2D eigenvalue weighted by Crippen LogP contribution is 2.25. The lowest BCUT2D eigenvalue weighted by molar-refractivity contribution is -0.149. The van der Waals surface area contributed by atoms with Crippen LogP contribution < -0.4 is 0 Å². The minimum atomic E-state index is -0.228. The van der Waals surface area contributed by atoms with Crippen LogP contribution in [0.25, 0.3) is 0 Å². The Hall–Kier alpha value is -1.07. The fourth-order valence-corrected chi connectivity index (χ4v) is 2.85. The monoisotopic (exact) mass is 373 g/mol. The Morgan fingerprint density at radius 2 is 2.24 bits per heavy atom. The van der Waals surface area contributed by atoms with E-state index in [0.29, 0.717) is 30.3 Å². The number of hydrogen-bond acceptors (Lipinski definition) is 3. The van der Waals surface area contributed by atoms with Crippen molar-refractivity contribution < 1.29 is 14.3 Å². The standard InChI is InChI=1S/C15H17BrClNO3/c1-2-21-15(20)11-4-3-7-18(9-11)14(19)10-5-6-12(16)13(17)8-10/h5-6,8,11H,2-4,7,9H2,1H3. The van der Waals surface area contributed by atoms with Crippen LogP contribution in [0.2, 0.25) is 5.02 Å². The molecule has 0 aliphatic carbocycles. The molecule has 0 saturated carbocycles. The maximum absolute atomic E-state index is 12.5. The summed E-state index contributed by atoms with van der Waals surface area (Å²) in [7, 11) is 0. The molecule has 1 aliphatic heterocycles. The smallest absolute Gasteiger partial charge is 0.310 e. The predicted molar refractivity (Wildman–Crippen MR) is 84.4 cm³/mol. The SMILES string of the molecule is CCOC(=O)C1CCCN(C(=O)c2ccc(Br)c(Cl)c2)C1. The van der Waals surface area contributed by atoms with E-state index in [1.54, 1.807) is 30.0 Å². The molecule has 1 amide bonds. The molecule has 0 N–H and O–H groups in total. The molecule has 1 atom stereocenters. The molecule has 0 spiro atoms. The molecule has 1 saturated heterocycles. The van der Waals surface area contributed by atoms with E-state index in [1.165, 1.54) is 0 Å². The van der Waals surface area contributed by atoms with E-state index in [1.807, 2.05) is 0 Å². The molecule has 1 unspecified atom stereocenters. The van der Waals surface area contributed by atoms with Gasteiger partial charge in [-0.2, -0.15) is 0 Å². The van der Waals surface area contributed by atoms with Gasteiger partial charge in [-0.3, -0.25) is 9.59 Å². The van der Waals surface area contributed by atoms with Gasteiger partial charge in [-0.25, -0.2) is 0 Å². The summed E-state index contributed by atoms with van der Waals surface area (Å²) in [6, 6.07) is 5.12. The number of likely N-dealkylation sites (tertiary alicyclic amines) is 1. The van der Waals surface area contributed by atoms with Gasteiger partial charge in [-0.15, -0.1) is 0 Å². The van der Waals surface area contributed by atoms with Gasteiger partial charge in [0.25, 0.3) is 5.91 Å². The van der Waals surface area contributed by atoms with Crippen molar-refractivity contribution in [1.29, 1.82) is 0 Å². The topological polar surface area (TPSA) is 46.6 Å². The number of esters is 1. The van der Waals surface area contributed by atoms with Gasteiger partial charge in [0.2, 0.25) is 0 Å². The number of ether oxygens (including phenoxy) is 1. The third-order valence-corrected chi connectivity index (χ3v) is 4.73. The first-order valence-electron chi connectivity index (χ1n) is 6.94. The van der Waals surface area contributed by atoms with E-state index in [4.69, 9.17) is 16.3 Å². The third kappa shape index (κ3) is 3.98. The summed E-state index contributed by atoms with van der Waals surface area (Å²) in [5, 5.41) is 0.500. The molecule has 1 fully saturated rings. The quantitative estimate of drug-likeness (QED) is 0.761. The van der Waals surface area contributed by atoms with E-state index in [-0.39, 0.29) is 17.8 Å². The van der Waals surface area contributed by atoms with Crippen molar-refractivity contribution in [2.24, 2.45) is 5.92 Å². The summed E-state index contributed by atoms with van der Waals surface area (Å²) >= 11 is 9.33. The number of halogens is 2. The van der Waals surface area contributed by atoms with Crippen LogP contribution >= 0.6 is 27.5 Å². The zero-order valence-corrected chi connectivity index (χ0v) is 14.1. The zero-order valence-electron chi connectivity index (χ0n) is 11.8. The third-order valence-electron chi connectivity index (χ3n) is 3.50. The van der Waals surface area contributed by atoms with E-state index < -0.39 is 0 Å². The molecular formula is C15H17BrClNO3. The van der Waals surface area contributed by atoms with Gasteiger partial charge < -0.3 is 9.64 Å². The molecule has 6 heteroatoms. The second kappa shape index (κ2) is 7.27. The van der Waals surface area contributed by atoms with Crippen LogP contribution in [-0.4, -0.2) is 36.5 Å². The first-order chi connectivity index (χ1) is 10.0. The number of rotatable bonds is 3. The molecule has 1 aromatic rings. The second-order valence-corrected chi connectivity index (χ2v) is 6.23. The summed E-state index contributed by atoms with van der Waals surface area (Å²) in [5.74, 6) is -0.546. The Morgan fingerprint density at radius 1 is 1.48 bits per heavy atom. The highest BCUT2D eigenvalue weighted by Gasteiger charge is 2.29. The van der Waals surface area contributed by atoms with Gasteiger partial charge in [-0.05, 0) is 53.9 Å². The highest BCUT2D eigenvalue weighted by atomic mass is 79.9. The van der Waals surface area contributed by atoms with Crippen molar-refractivity contribution in [3.8, 4) is 0 Å². The van der Waals surface area contributed by atoms with Crippen molar-refractivity contribution in [2.45, 2.75) is 19.8 Å². The van der Waals surface area contributed by atoms with Crippen LogP contribution in [0.4, 0.5) is 0 Å². The first kappa shape index (κ1) is 16.3. The summed E-state index contributed by atoms with van der Waals surface area (Å²) in [6.45, 7) is 3.22. The molecule has 0 radical (unpaired) electrons.